The SMILES string of the molecule is CCCC/C(=C/N)c1cccc(C(=O)NCCCNC)c1. The van der Waals surface area contributed by atoms with E-state index in [9.17, 15) is 4.79 Å². The Morgan fingerprint density at radius 2 is 2.00 bits per heavy atom. The molecule has 0 aromatic heterocycles. The van der Waals surface area contributed by atoms with E-state index in [4.69, 9.17) is 5.73 Å². The summed E-state index contributed by atoms with van der Waals surface area (Å²) in [5.74, 6) is -0.0279. The van der Waals surface area contributed by atoms with Crippen LogP contribution >= 0.6 is 0 Å². The quantitative estimate of drug-likeness (QED) is 0.612. The van der Waals surface area contributed by atoms with Crippen LogP contribution in [0.1, 0.15) is 48.5 Å². The van der Waals surface area contributed by atoms with E-state index < -0.39 is 0 Å². The normalized spacial score (nSPS) is 11.4. The van der Waals surface area contributed by atoms with Crippen molar-refractivity contribution in [3.8, 4) is 0 Å². The van der Waals surface area contributed by atoms with E-state index in [0.717, 1.165) is 43.4 Å². The Bertz CT molecular complexity index is 469. The summed E-state index contributed by atoms with van der Waals surface area (Å²) in [6.45, 7) is 3.74. The third-order valence-electron chi connectivity index (χ3n) is 3.39. The fourth-order valence-corrected chi connectivity index (χ4v) is 2.12. The van der Waals surface area contributed by atoms with Crippen molar-refractivity contribution in [3.05, 3.63) is 41.6 Å². The molecule has 116 valence electrons. The summed E-state index contributed by atoms with van der Waals surface area (Å²) in [6, 6.07) is 7.67. The Morgan fingerprint density at radius 3 is 2.67 bits per heavy atom. The van der Waals surface area contributed by atoms with Crippen LogP contribution in [0.15, 0.2) is 30.5 Å². The minimum Gasteiger partial charge on any atom is -0.404 e. The second kappa shape index (κ2) is 10.00. The van der Waals surface area contributed by atoms with Gasteiger partial charge in [-0.05, 0) is 62.3 Å². The van der Waals surface area contributed by atoms with E-state index >= 15 is 0 Å². The number of benzene rings is 1. The van der Waals surface area contributed by atoms with Crippen molar-refractivity contribution in [1.82, 2.24) is 10.6 Å². The first-order valence-electron chi connectivity index (χ1n) is 7.67. The second-order valence-corrected chi connectivity index (χ2v) is 5.09. The third-order valence-corrected chi connectivity index (χ3v) is 3.39. The lowest BCUT2D eigenvalue weighted by molar-refractivity contribution is 0.0953. The predicted molar refractivity (Wildman–Crippen MR) is 89.0 cm³/mol. The molecule has 1 aromatic carbocycles. The van der Waals surface area contributed by atoms with Crippen molar-refractivity contribution in [2.75, 3.05) is 20.1 Å². The summed E-state index contributed by atoms with van der Waals surface area (Å²) >= 11 is 0. The van der Waals surface area contributed by atoms with Crippen LogP contribution < -0.4 is 16.4 Å². The van der Waals surface area contributed by atoms with Gasteiger partial charge in [-0.3, -0.25) is 4.79 Å². The molecule has 0 saturated heterocycles. The van der Waals surface area contributed by atoms with Gasteiger partial charge in [0.05, 0.1) is 0 Å². The number of hydrogen-bond acceptors (Lipinski definition) is 3. The highest BCUT2D eigenvalue weighted by Crippen LogP contribution is 2.20. The van der Waals surface area contributed by atoms with Crippen LogP contribution in [0.25, 0.3) is 5.57 Å². The number of carbonyl (C=O) groups is 1. The average Bonchev–Trinajstić information content (AvgIpc) is 2.52. The van der Waals surface area contributed by atoms with Gasteiger partial charge in [-0.25, -0.2) is 0 Å². The molecule has 0 unspecified atom stereocenters. The summed E-state index contributed by atoms with van der Waals surface area (Å²) in [5, 5.41) is 5.99. The molecular weight excluding hydrogens is 262 g/mol. The van der Waals surface area contributed by atoms with Gasteiger partial charge in [-0.2, -0.15) is 0 Å². The summed E-state index contributed by atoms with van der Waals surface area (Å²) in [7, 11) is 1.91. The highest BCUT2D eigenvalue weighted by atomic mass is 16.1. The number of allylic oxidation sites excluding steroid dienone is 1. The summed E-state index contributed by atoms with van der Waals surface area (Å²) in [6.07, 6.45) is 5.75. The standard InChI is InChI=1S/C17H27N3O/c1-3-4-7-16(13-18)14-8-5-9-15(12-14)17(21)20-11-6-10-19-2/h5,8-9,12-13,19H,3-4,6-7,10-11,18H2,1-2H3,(H,20,21)/b16-13-. The molecule has 1 aromatic rings. The molecule has 0 spiro atoms. The van der Waals surface area contributed by atoms with Gasteiger partial charge < -0.3 is 16.4 Å². The van der Waals surface area contributed by atoms with Gasteiger partial charge in [0.2, 0.25) is 0 Å². The number of rotatable bonds is 9. The first kappa shape index (κ1) is 17.2. The number of amides is 1. The van der Waals surface area contributed by atoms with E-state index in [1.54, 1.807) is 6.20 Å². The van der Waals surface area contributed by atoms with Crippen molar-refractivity contribution < 1.29 is 4.79 Å². The fourth-order valence-electron chi connectivity index (χ4n) is 2.12. The van der Waals surface area contributed by atoms with Gasteiger partial charge >= 0.3 is 0 Å². The number of carbonyl (C=O) groups excluding carboxylic acids is 1. The van der Waals surface area contributed by atoms with E-state index in [1.807, 2.05) is 31.3 Å². The molecule has 0 bridgehead atoms. The smallest absolute Gasteiger partial charge is 0.251 e. The molecule has 0 aliphatic carbocycles. The van der Waals surface area contributed by atoms with E-state index in [2.05, 4.69) is 17.6 Å². The molecule has 21 heavy (non-hydrogen) atoms. The Balaban J connectivity index is 2.68. The van der Waals surface area contributed by atoms with Gasteiger partial charge in [0.25, 0.3) is 5.91 Å². The highest BCUT2D eigenvalue weighted by molar-refractivity contribution is 5.95. The van der Waals surface area contributed by atoms with Gasteiger partial charge in [0.1, 0.15) is 0 Å². The van der Waals surface area contributed by atoms with E-state index in [1.165, 1.54) is 0 Å². The van der Waals surface area contributed by atoms with Crippen LogP contribution in [0.4, 0.5) is 0 Å². The zero-order chi connectivity index (χ0) is 15.5. The fraction of sp³-hybridized carbons (Fsp3) is 0.471. The van der Waals surface area contributed by atoms with Crippen LogP contribution in [0, 0.1) is 0 Å². The van der Waals surface area contributed by atoms with Gasteiger partial charge in [-0.15, -0.1) is 0 Å². The van der Waals surface area contributed by atoms with E-state index in [0.29, 0.717) is 12.1 Å². The first-order valence-corrected chi connectivity index (χ1v) is 7.67. The number of unbranched alkanes of at least 4 members (excludes halogenated alkanes) is 1. The largest absolute Gasteiger partial charge is 0.404 e. The van der Waals surface area contributed by atoms with Crippen LogP contribution in [0.3, 0.4) is 0 Å². The lowest BCUT2D eigenvalue weighted by Crippen LogP contribution is -2.26. The van der Waals surface area contributed by atoms with Crippen LogP contribution in [0.5, 0.6) is 0 Å². The van der Waals surface area contributed by atoms with Crippen molar-refractivity contribution >= 4 is 11.5 Å². The Labute approximate surface area is 127 Å². The van der Waals surface area contributed by atoms with Crippen LogP contribution in [-0.4, -0.2) is 26.0 Å². The van der Waals surface area contributed by atoms with Crippen molar-refractivity contribution in [3.63, 3.8) is 0 Å². The average molecular weight is 289 g/mol. The molecule has 0 fully saturated rings. The third kappa shape index (κ3) is 6.00. The maximum atomic E-state index is 12.1. The molecule has 0 aliphatic heterocycles. The molecule has 0 radical (unpaired) electrons. The van der Waals surface area contributed by atoms with Crippen molar-refractivity contribution in [1.29, 1.82) is 0 Å². The Morgan fingerprint density at radius 1 is 1.24 bits per heavy atom. The molecule has 0 atom stereocenters. The molecule has 0 aliphatic rings. The van der Waals surface area contributed by atoms with Gasteiger partial charge in [-0.1, -0.05) is 25.5 Å². The predicted octanol–water partition coefficient (Wildman–Crippen LogP) is 2.52. The molecule has 4 N–H and O–H groups in total. The van der Waals surface area contributed by atoms with E-state index in [-0.39, 0.29) is 5.91 Å². The zero-order valence-electron chi connectivity index (χ0n) is 13.1. The van der Waals surface area contributed by atoms with Crippen molar-refractivity contribution in [2.24, 2.45) is 5.73 Å². The molecule has 0 heterocycles. The lowest BCUT2D eigenvalue weighted by atomic mass is 9.99. The molecule has 1 amide bonds. The molecule has 1 rings (SSSR count). The summed E-state index contributed by atoms with van der Waals surface area (Å²) in [4.78, 5) is 12.1. The number of nitrogens with two attached hydrogens (primary N) is 1. The minimum atomic E-state index is -0.0279. The monoisotopic (exact) mass is 289 g/mol. The maximum absolute atomic E-state index is 12.1. The second-order valence-electron chi connectivity index (χ2n) is 5.09. The molecular formula is C17H27N3O. The number of nitrogens with one attached hydrogen (secondary N) is 2. The lowest BCUT2D eigenvalue weighted by Gasteiger charge is -2.09. The van der Waals surface area contributed by atoms with Crippen LogP contribution in [0.2, 0.25) is 0 Å². The maximum Gasteiger partial charge on any atom is 0.251 e. The van der Waals surface area contributed by atoms with Crippen LogP contribution in [-0.2, 0) is 0 Å². The summed E-state index contributed by atoms with van der Waals surface area (Å²) < 4.78 is 0. The molecule has 4 heteroatoms. The molecule has 4 nitrogen and oxygen atoms in total. The number of hydrogen-bond donors (Lipinski definition) is 3. The highest BCUT2D eigenvalue weighted by Gasteiger charge is 2.07. The van der Waals surface area contributed by atoms with Gasteiger partial charge in [0, 0.05) is 12.1 Å². The molecule has 0 saturated carbocycles. The Kier molecular flexibility index (Phi) is 8.21. The topological polar surface area (TPSA) is 67.2 Å². The Hall–Kier alpha value is -1.81. The van der Waals surface area contributed by atoms with Crippen molar-refractivity contribution in [2.45, 2.75) is 32.6 Å². The minimum absolute atomic E-state index is 0.0279. The first-order chi connectivity index (χ1) is 10.2. The van der Waals surface area contributed by atoms with Gasteiger partial charge in [0.15, 0.2) is 0 Å². The summed E-state index contributed by atoms with van der Waals surface area (Å²) in [5.41, 5.74) is 8.54. The zero-order valence-corrected chi connectivity index (χ0v) is 13.1.